The van der Waals surface area contributed by atoms with Crippen LogP contribution >= 0.6 is 50.1 Å². The van der Waals surface area contributed by atoms with Gasteiger partial charge in [0.2, 0.25) is 0 Å². The van der Waals surface area contributed by atoms with E-state index in [-0.39, 0.29) is 0 Å². The standard InChI is InChI=1S/C12H7BrClI/c13-11-6-3-9(7-12(11)15)8-1-4-10(14)5-2-8/h1-7H. The lowest BCUT2D eigenvalue weighted by Crippen LogP contribution is -1.80. The molecular weight excluding hydrogens is 386 g/mol. The normalized spacial score (nSPS) is 10.3. The average Bonchev–Trinajstić information content (AvgIpc) is 2.23. The van der Waals surface area contributed by atoms with E-state index >= 15 is 0 Å². The van der Waals surface area contributed by atoms with Gasteiger partial charge in [0.15, 0.2) is 0 Å². The summed E-state index contributed by atoms with van der Waals surface area (Å²) in [4.78, 5) is 0. The molecule has 3 heteroatoms. The molecule has 0 aliphatic heterocycles. The van der Waals surface area contributed by atoms with E-state index in [4.69, 9.17) is 11.6 Å². The monoisotopic (exact) mass is 392 g/mol. The highest BCUT2D eigenvalue weighted by molar-refractivity contribution is 14.1. The van der Waals surface area contributed by atoms with Crippen LogP contribution in [0, 0.1) is 3.57 Å². The second-order valence-corrected chi connectivity index (χ2v) is 5.59. The molecule has 0 amide bonds. The van der Waals surface area contributed by atoms with Crippen LogP contribution in [-0.4, -0.2) is 0 Å². The summed E-state index contributed by atoms with van der Waals surface area (Å²) in [6.07, 6.45) is 0. The molecule has 0 spiro atoms. The maximum atomic E-state index is 5.85. The lowest BCUT2D eigenvalue weighted by atomic mass is 10.1. The van der Waals surface area contributed by atoms with Gasteiger partial charge < -0.3 is 0 Å². The van der Waals surface area contributed by atoms with Crippen molar-refractivity contribution in [3.8, 4) is 11.1 Å². The maximum absolute atomic E-state index is 5.85. The molecule has 0 saturated carbocycles. The fraction of sp³-hybridized carbons (Fsp3) is 0. The van der Waals surface area contributed by atoms with Gasteiger partial charge in [-0.3, -0.25) is 0 Å². The van der Waals surface area contributed by atoms with Crippen molar-refractivity contribution in [2.24, 2.45) is 0 Å². The number of halogens is 3. The Labute approximate surface area is 116 Å². The Morgan fingerprint density at radius 3 is 2.13 bits per heavy atom. The van der Waals surface area contributed by atoms with Crippen LogP contribution in [0.1, 0.15) is 0 Å². The van der Waals surface area contributed by atoms with Crippen LogP contribution in [0.25, 0.3) is 11.1 Å². The van der Waals surface area contributed by atoms with E-state index in [1.54, 1.807) is 0 Å². The molecule has 0 nitrogen and oxygen atoms in total. The van der Waals surface area contributed by atoms with Crippen molar-refractivity contribution in [2.75, 3.05) is 0 Å². The predicted octanol–water partition coefficient (Wildman–Crippen LogP) is 5.37. The molecule has 76 valence electrons. The molecule has 0 aromatic heterocycles. The van der Waals surface area contributed by atoms with Crippen molar-refractivity contribution >= 4 is 50.1 Å². The van der Waals surface area contributed by atoms with E-state index in [1.807, 2.05) is 24.3 Å². The minimum absolute atomic E-state index is 0.769. The van der Waals surface area contributed by atoms with E-state index in [1.165, 1.54) is 14.7 Å². The molecule has 0 radical (unpaired) electrons. The van der Waals surface area contributed by atoms with Crippen molar-refractivity contribution in [3.05, 3.63) is 55.5 Å². The van der Waals surface area contributed by atoms with Crippen molar-refractivity contribution < 1.29 is 0 Å². The number of hydrogen-bond acceptors (Lipinski definition) is 0. The van der Waals surface area contributed by atoms with Crippen LogP contribution in [0.2, 0.25) is 5.02 Å². The third kappa shape index (κ3) is 2.74. The van der Waals surface area contributed by atoms with Gasteiger partial charge in [-0.15, -0.1) is 0 Å². The molecule has 2 rings (SSSR count). The van der Waals surface area contributed by atoms with E-state index in [2.05, 4.69) is 56.7 Å². The quantitative estimate of drug-likeness (QED) is 0.571. The van der Waals surface area contributed by atoms with Gasteiger partial charge >= 0.3 is 0 Å². The Morgan fingerprint density at radius 1 is 0.933 bits per heavy atom. The zero-order valence-electron chi connectivity index (χ0n) is 7.68. The lowest BCUT2D eigenvalue weighted by molar-refractivity contribution is 1.55. The van der Waals surface area contributed by atoms with Crippen LogP contribution in [0.15, 0.2) is 46.9 Å². The summed E-state index contributed by atoms with van der Waals surface area (Å²) in [5, 5.41) is 0.769. The molecule has 0 aliphatic rings. The van der Waals surface area contributed by atoms with Crippen LogP contribution in [0.3, 0.4) is 0 Å². The Kier molecular flexibility index (Phi) is 3.69. The number of hydrogen-bond donors (Lipinski definition) is 0. The second kappa shape index (κ2) is 4.85. The highest BCUT2D eigenvalue weighted by atomic mass is 127. The highest BCUT2D eigenvalue weighted by Gasteiger charge is 2.01. The molecule has 0 atom stereocenters. The molecule has 2 aromatic rings. The average molecular weight is 393 g/mol. The predicted molar refractivity (Wildman–Crippen MR) is 77.3 cm³/mol. The molecule has 0 heterocycles. The number of rotatable bonds is 1. The molecule has 0 bridgehead atoms. The van der Waals surface area contributed by atoms with Crippen LogP contribution < -0.4 is 0 Å². The lowest BCUT2D eigenvalue weighted by Gasteiger charge is -2.03. The Balaban J connectivity index is 2.45. The number of benzene rings is 2. The Morgan fingerprint density at radius 2 is 1.53 bits per heavy atom. The molecule has 15 heavy (non-hydrogen) atoms. The van der Waals surface area contributed by atoms with Crippen LogP contribution in [0.5, 0.6) is 0 Å². The smallest absolute Gasteiger partial charge is 0.0406 e. The zero-order chi connectivity index (χ0) is 10.8. The first-order valence-corrected chi connectivity index (χ1v) is 6.63. The molecule has 0 fully saturated rings. The van der Waals surface area contributed by atoms with Crippen molar-refractivity contribution in [1.82, 2.24) is 0 Å². The summed E-state index contributed by atoms with van der Waals surface area (Å²) < 4.78 is 2.33. The largest absolute Gasteiger partial charge is 0.0843 e. The van der Waals surface area contributed by atoms with Gasteiger partial charge in [-0.1, -0.05) is 29.8 Å². The van der Waals surface area contributed by atoms with E-state index in [9.17, 15) is 0 Å². The van der Waals surface area contributed by atoms with Crippen molar-refractivity contribution in [3.63, 3.8) is 0 Å². The van der Waals surface area contributed by atoms with Gasteiger partial charge in [-0.25, -0.2) is 0 Å². The second-order valence-electron chi connectivity index (χ2n) is 3.14. The van der Waals surface area contributed by atoms with Gasteiger partial charge in [0.05, 0.1) is 0 Å². The van der Waals surface area contributed by atoms with Crippen molar-refractivity contribution in [1.29, 1.82) is 0 Å². The first-order chi connectivity index (χ1) is 7.16. The van der Waals surface area contributed by atoms with Gasteiger partial charge in [0, 0.05) is 13.1 Å². The fourth-order valence-corrected chi connectivity index (χ4v) is 2.21. The summed E-state index contributed by atoms with van der Waals surface area (Å²) in [6, 6.07) is 14.2. The topological polar surface area (TPSA) is 0 Å². The summed E-state index contributed by atoms with van der Waals surface area (Å²) in [5.41, 5.74) is 2.39. The maximum Gasteiger partial charge on any atom is 0.0406 e. The van der Waals surface area contributed by atoms with Gasteiger partial charge in [0.25, 0.3) is 0 Å². The zero-order valence-corrected chi connectivity index (χ0v) is 12.2. The SMILES string of the molecule is Clc1ccc(-c2ccc(Br)c(I)c2)cc1. The Hall–Kier alpha value is -0.0600. The van der Waals surface area contributed by atoms with Gasteiger partial charge in [-0.2, -0.15) is 0 Å². The minimum atomic E-state index is 0.769. The summed E-state index contributed by atoms with van der Waals surface area (Å²) >= 11 is 11.6. The van der Waals surface area contributed by atoms with Crippen molar-refractivity contribution in [2.45, 2.75) is 0 Å². The van der Waals surface area contributed by atoms with Crippen LogP contribution in [0.4, 0.5) is 0 Å². The summed E-state index contributed by atoms with van der Waals surface area (Å²) in [7, 11) is 0. The molecular formula is C12H7BrClI. The molecule has 0 N–H and O–H groups in total. The first-order valence-electron chi connectivity index (χ1n) is 4.38. The molecule has 0 aliphatic carbocycles. The highest BCUT2D eigenvalue weighted by Crippen LogP contribution is 2.27. The molecule has 2 aromatic carbocycles. The third-order valence-electron chi connectivity index (χ3n) is 2.10. The van der Waals surface area contributed by atoms with E-state index < -0.39 is 0 Å². The summed E-state index contributed by atoms with van der Waals surface area (Å²) in [6.45, 7) is 0. The third-order valence-corrected chi connectivity index (χ3v) is 4.67. The minimum Gasteiger partial charge on any atom is -0.0843 e. The Bertz CT molecular complexity index is 479. The van der Waals surface area contributed by atoms with Gasteiger partial charge in [-0.05, 0) is 73.9 Å². The molecule has 0 unspecified atom stereocenters. The fourth-order valence-electron chi connectivity index (χ4n) is 1.32. The summed E-state index contributed by atoms with van der Waals surface area (Å²) in [5.74, 6) is 0. The molecule has 0 saturated heterocycles. The van der Waals surface area contributed by atoms with E-state index in [0.29, 0.717) is 0 Å². The first kappa shape index (κ1) is 11.4. The van der Waals surface area contributed by atoms with E-state index in [0.717, 1.165) is 9.50 Å². The van der Waals surface area contributed by atoms with Gasteiger partial charge in [0.1, 0.15) is 0 Å². The van der Waals surface area contributed by atoms with Crippen LogP contribution in [-0.2, 0) is 0 Å².